The Kier molecular flexibility index (Phi) is 3.80. The second-order valence-corrected chi connectivity index (χ2v) is 4.29. The van der Waals surface area contributed by atoms with Crippen LogP contribution < -0.4 is 0 Å². The molecule has 0 aromatic heterocycles. The quantitative estimate of drug-likeness (QED) is 0.718. The van der Waals surface area contributed by atoms with Crippen LogP contribution >= 0.6 is 0 Å². The fourth-order valence-electron chi connectivity index (χ4n) is 1.85. The van der Waals surface area contributed by atoms with E-state index < -0.39 is 0 Å². The summed E-state index contributed by atoms with van der Waals surface area (Å²) in [6, 6.07) is 0.731. The van der Waals surface area contributed by atoms with Crippen LogP contribution in [0.25, 0.3) is 0 Å². The highest BCUT2D eigenvalue weighted by Crippen LogP contribution is 2.15. The Balaban J connectivity index is 1.76. The summed E-state index contributed by atoms with van der Waals surface area (Å²) in [7, 11) is 0. The molecule has 0 aromatic rings. The van der Waals surface area contributed by atoms with Gasteiger partial charge in [0.1, 0.15) is 13.2 Å². The fraction of sp³-hybridized carbons (Fsp3) is 0.833. The van der Waals surface area contributed by atoms with Gasteiger partial charge in [-0.15, -0.1) is 0 Å². The predicted molar refractivity (Wildman–Crippen MR) is 64.2 cm³/mol. The Morgan fingerprint density at radius 2 is 1.38 bits per heavy atom. The molecule has 0 unspecified atom stereocenters. The van der Waals surface area contributed by atoms with E-state index in [1.807, 2.05) is 0 Å². The van der Waals surface area contributed by atoms with E-state index in [0.29, 0.717) is 12.1 Å². The lowest BCUT2D eigenvalue weighted by atomic mass is 10.2. The van der Waals surface area contributed by atoms with Crippen molar-refractivity contribution in [2.45, 2.75) is 51.6 Å². The van der Waals surface area contributed by atoms with Gasteiger partial charge in [0.15, 0.2) is 11.8 Å². The van der Waals surface area contributed by atoms with Gasteiger partial charge in [-0.2, -0.15) is 0 Å². The number of aliphatic imine (C=N–C) groups is 2. The maximum absolute atomic E-state index is 5.51. The third-order valence-corrected chi connectivity index (χ3v) is 3.03. The Labute approximate surface area is 96.8 Å². The molecule has 4 nitrogen and oxygen atoms in total. The van der Waals surface area contributed by atoms with Crippen LogP contribution in [-0.4, -0.2) is 37.1 Å². The molecule has 2 rings (SSSR count). The Morgan fingerprint density at radius 3 is 1.69 bits per heavy atom. The van der Waals surface area contributed by atoms with Crippen molar-refractivity contribution in [2.24, 2.45) is 9.98 Å². The number of rotatable bonds is 5. The van der Waals surface area contributed by atoms with Crippen LogP contribution in [0.1, 0.15) is 39.5 Å². The summed E-state index contributed by atoms with van der Waals surface area (Å²) < 4.78 is 11.0. The average Bonchev–Trinajstić information content (AvgIpc) is 2.95. The molecular formula is C12H20N2O2. The van der Waals surface area contributed by atoms with Crippen molar-refractivity contribution >= 4 is 11.8 Å². The second kappa shape index (κ2) is 5.32. The van der Waals surface area contributed by atoms with Crippen molar-refractivity contribution in [3.63, 3.8) is 0 Å². The van der Waals surface area contributed by atoms with Crippen molar-refractivity contribution < 1.29 is 9.47 Å². The molecule has 0 fully saturated rings. The van der Waals surface area contributed by atoms with Crippen molar-refractivity contribution in [1.82, 2.24) is 0 Å². The number of ether oxygens (including phenoxy) is 2. The molecule has 2 aliphatic heterocycles. The largest absolute Gasteiger partial charge is 0.479 e. The summed E-state index contributed by atoms with van der Waals surface area (Å²) in [6.45, 7) is 5.76. The first-order chi connectivity index (χ1) is 7.81. The Hall–Kier alpha value is -1.06. The third-order valence-electron chi connectivity index (χ3n) is 3.03. The zero-order valence-corrected chi connectivity index (χ0v) is 10.1. The van der Waals surface area contributed by atoms with Crippen LogP contribution in [0, 0.1) is 0 Å². The van der Waals surface area contributed by atoms with Gasteiger partial charge in [-0.25, -0.2) is 9.98 Å². The lowest BCUT2D eigenvalue weighted by molar-refractivity contribution is 0.299. The Bertz CT molecular complexity index is 269. The molecule has 0 spiro atoms. The third kappa shape index (κ3) is 2.74. The van der Waals surface area contributed by atoms with Gasteiger partial charge in [0.25, 0.3) is 0 Å². The molecule has 2 atom stereocenters. The van der Waals surface area contributed by atoms with E-state index in [4.69, 9.17) is 9.47 Å². The van der Waals surface area contributed by atoms with Crippen molar-refractivity contribution in [1.29, 1.82) is 0 Å². The smallest absolute Gasteiger partial charge is 0.184 e. The minimum Gasteiger partial charge on any atom is -0.479 e. The molecule has 0 aromatic carbocycles. The molecule has 0 radical (unpaired) electrons. The van der Waals surface area contributed by atoms with Gasteiger partial charge in [0, 0.05) is 12.8 Å². The SMILES string of the molecule is CC[C@@H]1COC(CCC2=N[C@H](CC)CO2)=N1. The second-order valence-electron chi connectivity index (χ2n) is 4.29. The van der Waals surface area contributed by atoms with E-state index >= 15 is 0 Å². The highest BCUT2D eigenvalue weighted by molar-refractivity contribution is 5.85. The van der Waals surface area contributed by atoms with Crippen molar-refractivity contribution in [2.75, 3.05) is 13.2 Å². The van der Waals surface area contributed by atoms with Gasteiger partial charge in [0.05, 0.1) is 12.1 Å². The van der Waals surface area contributed by atoms with Crippen LogP contribution in [-0.2, 0) is 9.47 Å². The van der Waals surface area contributed by atoms with Gasteiger partial charge < -0.3 is 9.47 Å². The molecule has 16 heavy (non-hydrogen) atoms. The van der Waals surface area contributed by atoms with Crippen molar-refractivity contribution in [3.8, 4) is 0 Å². The molecule has 0 saturated heterocycles. The maximum Gasteiger partial charge on any atom is 0.184 e. The normalized spacial score (nSPS) is 28.4. The lowest BCUT2D eigenvalue weighted by Gasteiger charge is -2.01. The fourth-order valence-corrected chi connectivity index (χ4v) is 1.85. The van der Waals surface area contributed by atoms with Gasteiger partial charge in [0.2, 0.25) is 0 Å². The van der Waals surface area contributed by atoms with Crippen LogP contribution in [0.5, 0.6) is 0 Å². The van der Waals surface area contributed by atoms with Gasteiger partial charge in [-0.3, -0.25) is 0 Å². The number of hydrogen-bond acceptors (Lipinski definition) is 4. The van der Waals surface area contributed by atoms with E-state index in [-0.39, 0.29) is 0 Å². The van der Waals surface area contributed by atoms with Crippen LogP contribution in [0.4, 0.5) is 0 Å². The zero-order chi connectivity index (χ0) is 11.4. The maximum atomic E-state index is 5.51. The molecule has 0 bridgehead atoms. The van der Waals surface area contributed by atoms with Gasteiger partial charge in [-0.05, 0) is 12.8 Å². The summed E-state index contributed by atoms with van der Waals surface area (Å²) in [5.41, 5.74) is 0. The molecule has 2 aliphatic rings. The average molecular weight is 224 g/mol. The van der Waals surface area contributed by atoms with E-state index in [0.717, 1.165) is 50.7 Å². The first kappa shape index (κ1) is 11.4. The molecule has 90 valence electrons. The van der Waals surface area contributed by atoms with E-state index in [1.165, 1.54) is 0 Å². The molecule has 2 heterocycles. The summed E-state index contributed by atoms with van der Waals surface area (Å²) >= 11 is 0. The molecule has 0 N–H and O–H groups in total. The summed E-state index contributed by atoms with van der Waals surface area (Å²) in [6.07, 6.45) is 3.76. The summed E-state index contributed by atoms with van der Waals surface area (Å²) in [5, 5.41) is 0. The van der Waals surface area contributed by atoms with Crippen LogP contribution in [0.2, 0.25) is 0 Å². The summed E-state index contributed by atoms with van der Waals surface area (Å²) in [4.78, 5) is 8.98. The van der Waals surface area contributed by atoms with Crippen molar-refractivity contribution in [3.05, 3.63) is 0 Å². The standard InChI is InChI=1S/C12H20N2O2/c1-3-9-7-15-11(13-9)5-6-12-14-10(4-2)8-16-12/h9-10H,3-8H2,1-2H3/t9-,10-/m1/s1. The van der Waals surface area contributed by atoms with E-state index in [2.05, 4.69) is 23.8 Å². The molecule has 4 heteroatoms. The number of hydrogen-bond donors (Lipinski definition) is 0. The summed E-state index contributed by atoms with van der Waals surface area (Å²) in [5.74, 6) is 1.75. The van der Waals surface area contributed by atoms with Gasteiger partial charge >= 0.3 is 0 Å². The minimum atomic E-state index is 0.366. The Morgan fingerprint density at radius 1 is 0.938 bits per heavy atom. The van der Waals surface area contributed by atoms with Crippen LogP contribution in [0.15, 0.2) is 9.98 Å². The van der Waals surface area contributed by atoms with E-state index in [9.17, 15) is 0 Å². The first-order valence-electron chi connectivity index (χ1n) is 6.20. The van der Waals surface area contributed by atoms with E-state index in [1.54, 1.807) is 0 Å². The molecular weight excluding hydrogens is 204 g/mol. The first-order valence-corrected chi connectivity index (χ1v) is 6.20. The molecule has 0 aliphatic carbocycles. The topological polar surface area (TPSA) is 43.2 Å². The monoisotopic (exact) mass is 224 g/mol. The highest BCUT2D eigenvalue weighted by atomic mass is 16.5. The molecule has 0 saturated carbocycles. The van der Waals surface area contributed by atoms with Crippen LogP contribution in [0.3, 0.4) is 0 Å². The zero-order valence-electron chi connectivity index (χ0n) is 10.1. The van der Waals surface area contributed by atoms with Gasteiger partial charge in [-0.1, -0.05) is 13.8 Å². The molecule has 0 amide bonds. The lowest BCUT2D eigenvalue weighted by Crippen LogP contribution is -2.06. The highest BCUT2D eigenvalue weighted by Gasteiger charge is 2.20. The predicted octanol–water partition coefficient (Wildman–Crippen LogP) is 2.18. The minimum absolute atomic E-state index is 0.366. The number of nitrogens with zero attached hydrogens (tertiary/aromatic N) is 2.